The monoisotopic (exact) mass is 528 g/mol. The molecule has 0 aromatic heterocycles. The number of rotatable bonds is 6. The standard InChI is InChI=1S/C23H27OS.C5H5.2CO.Fe/c24-23-15-9-2-6-12-20(17-16-19-10-4-1-5-11-19)22(23)18-25-21-13-7-3-8-14-21;1-2-4-5-3-1;2*1-2;/h1,3-5,7-8,10-11,13-14,18,20,22H,2,6,9,12,15-17H2;1-5H;;;/q-1;;;;+2/t20-,22-;;;;/m1..../s1. The van der Waals surface area contributed by atoms with E-state index in [4.69, 9.17) is 9.30 Å². The van der Waals surface area contributed by atoms with Gasteiger partial charge in [-0.05, 0) is 61.8 Å². The van der Waals surface area contributed by atoms with Crippen molar-refractivity contribution in [2.24, 2.45) is 11.8 Å². The van der Waals surface area contributed by atoms with Crippen molar-refractivity contribution in [2.45, 2.75) is 49.8 Å². The van der Waals surface area contributed by atoms with Crippen molar-refractivity contribution in [2.75, 3.05) is 0 Å². The zero-order chi connectivity index (χ0) is 24.9. The van der Waals surface area contributed by atoms with Crippen molar-refractivity contribution < 1.29 is 31.2 Å². The number of carbonyl (C=O) groups is 1. The molecule has 2 fully saturated rings. The van der Waals surface area contributed by atoms with Gasteiger partial charge in [0.15, 0.2) is 0 Å². The van der Waals surface area contributed by atoms with Gasteiger partial charge in [-0.3, -0.25) is 5.75 Å². The Balaban J connectivity index is 0.000000995. The first-order chi connectivity index (χ1) is 16.8. The topological polar surface area (TPSA) is 56.9 Å². The van der Waals surface area contributed by atoms with Crippen LogP contribution in [-0.4, -0.2) is 5.78 Å². The molecule has 0 spiro atoms. The van der Waals surface area contributed by atoms with Gasteiger partial charge in [-0.15, -0.1) is 0 Å². The molecule has 4 rings (SSSR count). The fourth-order valence-electron chi connectivity index (χ4n) is 3.97. The Bertz CT molecular complexity index is 790. The molecule has 2 atom stereocenters. The van der Waals surface area contributed by atoms with Crippen LogP contribution < -0.4 is 0 Å². The van der Waals surface area contributed by atoms with E-state index in [9.17, 15) is 4.79 Å². The fraction of sp³-hybridized carbons (Fsp3) is 0.300. The van der Waals surface area contributed by atoms with Crippen molar-refractivity contribution >= 4 is 17.5 Å². The fourth-order valence-corrected chi connectivity index (χ4v) is 4.96. The largest absolute Gasteiger partial charge is 2.00 e. The van der Waals surface area contributed by atoms with Gasteiger partial charge in [0, 0.05) is 6.42 Å². The molecule has 5 radical (unpaired) electrons. The summed E-state index contributed by atoms with van der Waals surface area (Å²) in [4.78, 5) is 14.0. The Morgan fingerprint density at radius 2 is 1.34 bits per heavy atom. The predicted octanol–water partition coefficient (Wildman–Crippen LogP) is 7.28. The summed E-state index contributed by atoms with van der Waals surface area (Å²) in [6.07, 6.45) is 17.6. The minimum absolute atomic E-state index is 0. The summed E-state index contributed by atoms with van der Waals surface area (Å²) in [5.41, 5.74) is 1.38. The predicted molar refractivity (Wildman–Crippen MR) is 136 cm³/mol. The zero-order valence-electron chi connectivity index (χ0n) is 19.8. The Hall–Kier alpha value is -1.54. The number of carbonyl (C=O) groups excluding carboxylic acids is 1. The summed E-state index contributed by atoms with van der Waals surface area (Å²) in [5, 5.41) is 0. The first-order valence-corrected chi connectivity index (χ1v) is 12.4. The third-order valence-corrected chi connectivity index (χ3v) is 6.65. The Labute approximate surface area is 227 Å². The number of aryl methyl sites for hydroxylation is 1. The molecule has 2 saturated carbocycles. The molecule has 183 valence electrons. The molecule has 3 nitrogen and oxygen atoms in total. The van der Waals surface area contributed by atoms with Crippen LogP contribution in [0.4, 0.5) is 0 Å². The van der Waals surface area contributed by atoms with Crippen molar-refractivity contribution in [3.05, 3.63) is 117 Å². The van der Waals surface area contributed by atoms with Gasteiger partial charge in [-0.2, -0.15) is 0 Å². The third kappa shape index (κ3) is 14.6. The van der Waals surface area contributed by atoms with Crippen LogP contribution in [0.3, 0.4) is 0 Å². The average Bonchev–Trinajstić information content (AvgIpc) is 3.49. The van der Waals surface area contributed by atoms with Gasteiger partial charge in [-0.1, -0.05) is 91.8 Å². The minimum atomic E-state index is 0. The molecule has 2 aromatic carbocycles. The van der Waals surface area contributed by atoms with E-state index in [-0.39, 0.29) is 23.0 Å². The summed E-state index contributed by atoms with van der Waals surface area (Å²) in [7, 11) is 0. The van der Waals surface area contributed by atoms with Gasteiger partial charge in [0.25, 0.3) is 0 Å². The molecular weight excluding hydrogens is 496 g/mol. The first-order valence-electron chi connectivity index (χ1n) is 11.5. The molecular formula is C30H32FeO3S+. The quantitative estimate of drug-likeness (QED) is 0.171. The summed E-state index contributed by atoms with van der Waals surface area (Å²) in [6, 6.07) is 21.1. The normalized spacial score (nSPS) is 18.9. The molecule has 0 heterocycles. The van der Waals surface area contributed by atoms with E-state index in [1.165, 1.54) is 29.7 Å². The van der Waals surface area contributed by atoms with E-state index in [0.29, 0.717) is 11.7 Å². The van der Waals surface area contributed by atoms with E-state index >= 15 is 0 Å². The van der Waals surface area contributed by atoms with Crippen LogP contribution in [-0.2, 0) is 37.6 Å². The Morgan fingerprint density at radius 3 is 1.91 bits per heavy atom. The molecule has 0 unspecified atom stereocenters. The number of hydrogen-bond donors (Lipinski definition) is 0. The van der Waals surface area contributed by atoms with Crippen LogP contribution in [0.1, 0.15) is 44.1 Å². The Kier molecular flexibility index (Phi) is 21.9. The number of Topliss-reactive ketones (excluding diaryl/α,β-unsaturated/α-hetero) is 1. The van der Waals surface area contributed by atoms with Crippen LogP contribution in [0.25, 0.3) is 0 Å². The van der Waals surface area contributed by atoms with Gasteiger partial charge in [0.05, 0.1) is 0 Å². The van der Waals surface area contributed by atoms with Gasteiger partial charge < -0.3 is 16.6 Å². The molecule has 35 heavy (non-hydrogen) atoms. The molecule has 5 heteroatoms. The SMILES string of the molecule is O=C1CCCCC[C@H](CCc2ccccc2)[C@H]1[CH-]Sc1ccccc1.[C-]#[O+].[C-]#[O+].[CH]1[CH][CH][CH][CH]1.[Fe+2]. The maximum absolute atomic E-state index is 12.8. The van der Waals surface area contributed by atoms with E-state index in [1.54, 1.807) is 11.8 Å². The van der Waals surface area contributed by atoms with Crippen LogP contribution in [0.5, 0.6) is 0 Å². The third-order valence-electron chi connectivity index (χ3n) is 5.67. The van der Waals surface area contributed by atoms with Crippen LogP contribution in [0, 0.1) is 63.0 Å². The van der Waals surface area contributed by atoms with Crippen molar-refractivity contribution in [3.63, 3.8) is 0 Å². The minimum Gasteiger partial charge on any atom is -0.0312 e. The number of benzene rings is 2. The molecule has 2 aliphatic rings. The van der Waals surface area contributed by atoms with Gasteiger partial charge >= 0.3 is 39.7 Å². The van der Waals surface area contributed by atoms with E-state index in [1.807, 2.05) is 38.2 Å². The number of hydrogen-bond acceptors (Lipinski definition) is 2. The molecule has 2 aromatic rings. The second-order valence-corrected chi connectivity index (χ2v) is 8.88. The maximum atomic E-state index is 12.8. The summed E-state index contributed by atoms with van der Waals surface area (Å²) in [6.45, 7) is 9.00. The van der Waals surface area contributed by atoms with Crippen LogP contribution in [0.15, 0.2) is 65.6 Å². The van der Waals surface area contributed by atoms with E-state index in [0.717, 1.165) is 25.7 Å². The molecule has 0 amide bonds. The molecule has 0 aliphatic heterocycles. The summed E-state index contributed by atoms with van der Waals surface area (Å²) >= 11 is 1.73. The van der Waals surface area contributed by atoms with Gasteiger partial charge in [0.2, 0.25) is 0 Å². The smallest absolute Gasteiger partial charge is 0.0312 e. The summed E-state index contributed by atoms with van der Waals surface area (Å²) < 4.78 is 15.0. The van der Waals surface area contributed by atoms with Crippen molar-refractivity contribution in [3.8, 4) is 0 Å². The molecule has 0 saturated heterocycles. The van der Waals surface area contributed by atoms with Crippen molar-refractivity contribution in [1.82, 2.24) is 0 Å². The van der Waals surface area contributed by atoms with E-state index < -0.39 is 0 Å². The maximum Gasteiger partial charge on any atom is 2.00 e. The van der Waals surface area contributed by atoms with Crippen molar-refractivity contribution in [1.29, 1.82) is 0 Å². The first kappa shape index (κ1) is 33.5. The Morgan fingerprint density at radius 1 is 0.800 bits per heavy atom. The molecule has 0 bridgehead atoms. The van der Waals surface area contributed by atoms with Gasteiger partial charge in [0.1, 0.15) is 5.78 Å². The second kappa shape index (κ2) is 22.9. The zero-order valence-corrected chi connectivity index (χ0v) is 21.7. The second-order valence-electron chi connectivity index (χ2n) is 7.91. The number of ketones is 1. The summed E-state index contributed by atoms with van der Waals surface area (Å²) in [5.74, 6) is 3.23. The van der Waals surface area contributed by atoms with E-state index in [2.05, 4.69) is 73.7 Å². The average molecular weight is 528 g/mol. The molecule has 2 aliphatic carbocycles. The van der Waals surface area contributed by atoms with Gasteiger partial charge in [-0.25, -0.2) is 0 Å². The number of thioether (sulfide) groups is 1. The van der Waals surface area contributed by atoms with Crippen LogP contribution in [0.2, 0.25) is 0 Å². The molecule has 0 N–H and O–H groups in total. The van der Waals surface area contributed by atoms with Crippen LogP contribution >= 0.6 is 11.8 Å².